The molecule has 4 aromatic carbocycles. The van der Waals surface area contributed by atoms with Crippen LogP contribution in [0.15, 0.2) is 78.9 Å². The number of nitrogens with zero attached hydrogens (tertiary/aromatic N) is 1. The molecule has 0 aliphatic carbocycles. The van der Waals surface area contributed by atoms with Gasteiger partial charge in [0.05, 0.1) is 10.5 Å². The molecule has 164 valence electrons. The van der Waals surface area contributed by atoms with Gasteiger partial charge in [0.15, 0.2) is 0 Å². The van der Waals surface area contributed by atoms with E-state index in [9.17, 15) is 28.8 Å². The second kappa shape index (κ2) is 8.51. The van der Waals surface area contributed by atoms with Crippen LogP contribution in [0.3, 0.4) is 0 Å². The van der Waals surface area contributed by atoms with Gasteiger partial charge in [0.25, 0.3) is 5.69 Å². The quantitative estimate of drug-likeness (QED) is 0.217. The lowest BCUT2D eigenvalue weighted by molar-refractivity contribution is -0.384. The first-order valence-corrected chi connectivity index (χ1v) is 9.72. The van der Waals surface area contributed by atoms with Gasteiger partial charge < -0.3 is 10.8 Å². The third-order valence-electron chi connectivity index (χ3n) is 5.25. The molecule has 0 unspecified atom stereocenters. The van der Waals surface area contributed by atoms with E-state index in [-0.39, 0.29) is 22.5 Å². The van der Waals surface area contributed by atoms with Gasteiger partial charge in [0.1, 0.15) is 11.6 Å². The van der Waals surface area contributed by atoms with E-state index in [0.29, 0.717) is 27.8 Å². The van der Waals surface area contributed by atoms with Gasteiger partial charge in [-0.25, -0.2) is 13.6 Å². The fraction of sp³-hybridized carbons (Fsp3) is 0. The summed E-state index contributed by atoms with van der Waals surface area (Å²) in [6.45, 7) is 0. The van der Waals surface area contributed by atoms with E-state index >= 15 is 0 Å². The van der Waals surface area contributed by atoms with Crippen LogP contribution in [0.2, 0.25) is 0 Å². The SMILES string of the molecule is Nc1ccc(-c2ccc([N+](=O)[O-])cc2)c(-c2ccc(C(=O)O)cc2)c1-c1ccc(F)cc1F. The lowest BCUT2D eigenvalue weighted by atomic mass is 9.86. The van der Waals surface area contributed by atoms with Gasteiger partial charge in [-0.05, 0) is 64.7 Å². The second-order valence-corrected chi connectivity index (χ2v) is 7.26. The fourth-order valence-corrected chi connectivity index (χ4v) is 3.68. The summed E-state index contributed by atoms with van der Waals surface area (Å²) >= 11 is 0. The zero-order valence-corrected chi connectivity index (χ0v) is 17.0. The Kier molecular flexibility index (Phi) is 5.58. The van der Waals surface area contributed by atoms with E-state index in [1.54, 1.807) is 36.4 Å². The molecule has 0 saturated carbocycles. The van der Waals surface area contributed by atoms with Gasteiger partial charge in [-0.1, -0.05) is 18.2 Å². The molecule has 0 atom stereocenters. The normalized spacial score (nSPS) is 10.7. The van der Waals surface area contributed by atoms with E-state index in [4.69, 9.17) is 5.73 Å². The molecule has 0 aliphatic heterocycles. The zero-order valence-electron chi connectivity index (χ0n) is 17.0. The predicted octanol–water partition coefficient (Wildman–Crippen LogP) is 6.15. The summed E-state index contributed by atoms with van der Waals surface area (Å²) in [5.41, 5.74) is 9.01. The number of nitrogens with two attached hydrogens (primary N) is 1. The van der Waals surface area contributed by atoms with E-state index in [1.807, 2.05) is 0 Å². The maximum atomic E-state index is 14.8. The van der Waals surface area contributed by atoms with Crippen LogP contribution in [-0.4, -0.2) is 16.0 Å². The number of non-ortho nitro benzene ring substituents is 1. The van der Waals surface area contributed by atoms with Crippen molar-refractivity contribution in [3.05, 3.63) is 106 Å². The number of aromatic carboxylic acids is 1. The third-order valence-corrected chi connectivity index (χ3v) is 5.25. The largest absolute Gasteiger partial charge is 0.478 e. The molecule has 0 spiro atoms. The monoisotopic (exact) mass is 446 g/mol. The van der Waals surface area contributed by atoms with E-state index < -0.39 is 22.5 Å². The average molecular weight is 446 g/mol. The molecular formula is C25H16F2N2O4. The summed E-state index contributed by atoms with van der Waals surface area (Å²) in [6.07, 6.45) is 0. The predicted molar refractivity (Wildman–Crippen MR) is 121 cm³/mol. The number of benzene rings is 4. The minimum Gasteiger partial charge on any atom is -0.478 e. The highest BCUT2D eigenvalue weighted by Crippen LogP contribution is 2.44. The standard InChI is InChI=1S/C25H16F2N2O4/c26-17-7-10-20(21(27)13-17)24-22(28)12-11-19(14-5-8-18(9-6-14)29(32)33)23(24)15-1-3-16(4-2-15)25(30)31/h1-13H,28H2,(H,30,31). The summed E-state index contributed by atoms with van der Waals surface area (Å²) in [5.74, 6) is -2.66. The van der Waals surface area contributed by atoms with Crippen LogP contribution in [0.1, 0.15) is 10.4 Å². The Morgan fingerprint density at radius 1 is 0.818 bits per heavy atom. The minimum absolute atomic E-state index is 0.0639. The number of anilines is 1. The van der Waals surface area contributed by atoms with Crippen molar-refractivity contribution in [1.82, 2.24) is 0 Å². The minimum atomic E-state index is -1.10. The number of nitro benzene ring substituents is 1. The van der Waals surface area contributed by atoms with Crippen LogP contribution in [0, 0.1) is 21.7 Å². The average Bonchev–Trinajstić information content (AvgIpc) is 2.79. The molecule has 3 N–H and O–H groups in total. The first-order chi connectivity index (χ1) is 15.8. The van der Waals surface area contributed by atoms with Crippen molar-refractivity contribution in [3.63, 3.8) is 0 Å². The number of carbonyl (C=O) groups is 1. The van der Waals surface area contributed by atoms with Crippen molar-refractivity contribution >= 4 is 17.3 Å². The second-order valence-electron chi connectivity index (χ2n) is 7.26. The van der Waals surface area contributed by atoms with Gasteiger partial charge in [-0.3, -0.25) is 10.1 Å². The zero-order chi connectivity index (χ0) is 23.7. The van der Waals surface area contributed by atoms with E-state index in [0.717, 1.165) is 12.1 Å². The van der Waals surface area contributed by atoms with Crippen LogP contribution in [-0.2, 0) is 0 Å². The molecular weight excluding hydrogens is 430 g/mol. The summed E-state index contributed by atoms with van der Waals surface area (Å²) in [7, 11) is 0. The number of nitro groups is 1. The smallest absolute Gasteiger partial charge is 0.335 e. The van der Waals surface area contributed by atoms with Crippen molar-refractivity contribution in [2.75, 3.05) is 5.73 Å². The Labute approximate surface area is 186 Å². The summed E-state index contributed by atoms with van der Waals surface area (Å²) < 4.78 is 28.4. The van der Waals surface area contributed by atoms with Crippen LogP contribution in [0.4, 0.5) is 20.2 Å². The molecule has 0 saturated heterocycles. The Morgan fingerprint density at radius 2 is 1.42 bits per heavy atom. The first kappa shape index (κ1) is 21.6. The summed E-state index contributed by atoms with van der Waals surface area (Å²) in [5, 5.41) is 20.3. The molecule has 4 rings (SSSR count). The highest BCUT2D eigenvalue weighted by Gasteiger charge is 2.20. The number of nitrogen functional groups attached to an aromatic ring is 1. The molecule has 0 heterocycles. The maximum absolute atomic E-state index is 14.8. The van der Waals surface area contributed by atoms with Crippen molar-refractivity contribution in [2.24, 2.45) is 0 Å². The highest BCUT2D eigenvalue weighted by molar-refractivity contribution is 6.00. The highest BCUT2D eigenvalue weighted by atomic mass is 19.1. The van der Waals surface area contributed by atoms with Crippen molar-refractivity contribution in [2.45, 2.75) is 0 Å². The lowest BCUT2D eigenvalue weighted by Gasteiger charge is -2.19. The molecule has 0 aliphatic rings. The molecule has 0 aromatic heterocycles. The molecule has 0 bridgehead atoms. The Hall–Kier alpha value is -4.59. The van der Waals surface area contributed by atoms with Crippen molar-refractivity contribution < 1.29 is 23.6 Å². The van der Waals surface area contributed by atoms with E-state index in [2.05, 4.69) is 0 Å². The molecule has 0 radical (unpaired) electrons. The third kappa shape index (κ3) is 4.14. The van der Waals surface area contributed by atoms with Gasteiger partial charge >= 0.3 is 5.97 Å². The molecule has 33 heavy (non-hydrogen) atoms. The van der Waals surface area contributed by atoms with E-state index in [1.165, 1.54) is 30.3 Å². The van der Waals surface area contributed by atoms with Gasteiger partial charge in [0.2, 0.25) is 0 Å². The first-order valence-electron chi connectivity index (χ1n) is 9.72. The molecule has 8 heteroatoms. The molecule has 0 amide bonds. The number of carboxylic acids is 1. The summed E-state index contributed by atoms with van der Waals surface area (Å²) in [4.78, 5) is 21.8. The number of halogens is 2. The van der Waals surface area contributed by atoms with Crippen LogP contribution in [0.25, 0.3) is 33.4 Å². The van der Waals surface area contributed by atoms with Gasteiger partial charge in [-0.15, -0.1) is 0 Å². The number of rotatable bonds is 5. The molecule has 6 nitrogen and oxygen atoms in total. The van der Waals surface area contributed by atoms with Crippen LogP contribution >= 0.6 is 0 Å². The van der Waals surface area contributed by atoms with Gasteiger partial charge in [0, 0.05) is 35.0 Å². The molecule has 4 aromatic rings. The molecule has 0 fully saturated rings. The lowest BCUT2D eigenvalue weighted by Crippen LogP contribution is -2.00. The van der Waals surface area contributed by atoms with Crippen molar-refractivity contribution in [3.8, 4) is 33.4 Å². The Bertz CT molecular complexity index is 1390. The number of carboxylic acid groups (broad SMARTS) is 1. The number of hydrogen-bond donors (Lipinski definition) is 2. The maximum Gasteiger partial charge on any atom is 0.335 e. The van der Waals surface area contributed by atoms with Gasteiger partial charge in [-0.2, -0.15) is 0 Å². The topological polar surface area (TPSA) is 106 Å². The Morgan fingerprint density at radius 3 is 2.00 bits per heavy atom. The number of hydrogen-bond acceptors (Lipinski definition) is 4. The van der Waals surface area contributed by atoms with Crippen molar-refractivity contribution in [1.29, 1.82) is 0 Å². The Balaban J connectivity index is 2.03. The van der Waals surface area contributed by atoms with Crippen LogP contribution < -0.4 is 5.73 Å². The fourth-order valence-electron chi connectivity index (χ4n) is 3.68. The van der Waals surface area contributed by atoms with Crippen LogP contribution in [0.5, 0.6) is 0 Å². The summed E-state index contributed by atoms with van der Waals surface area (Å²) in [6, 6.07) is 18.2.